The molecule has 0 bridgehead atoms. The summed E-state index contributed by atoms with van der Waals surface area (Å²) in [5.74, 6) is 3.91. The number of rotatable bonds is 10. The lowest BCUT2D eigenvalue weighted by Gasteiger charge is -2.17. The van der Waals surface area contributed by atoms with Crippen LogP contribution < -0.4 is 11.2 Å². The highest BCUT2D eigenvalue weighted by atomic mass is 16.4. The van der Waals surface area contributed by atoms with Gasteiger partial charge in [-0.05, 0) is 48.1 Å². The summed E-state index contributed by atoms with van der Waals surface area (Å²) in [4.78, 5) is 23.5. The van der Waals surface area contributed by atoms with Gasteiger partial charge in [0.25, 0.3) is 0 Å². The summed E-state index contributed by atoms with van der Waals surface area (Å²) in [6, 6.07) is 15.9. The van der Waals surface area contributed by atoms with Crippen molar-refractivity contribution in [2.45, 2.75) is 38.1 Å². The Morgan fingerprint density at radius 2 is 1.97 bits per heavy atom. The van der Waals surface area contributed by atoms with Gasteiger partial charge in [0.1, 0.15) is 0 Å². The molecule has 2 aromatic carbocycles. The topological polar surface area (TPSA) is 129 Å². The van der Waals surface area contributed by atoms with Crippen LogP contribution in [0.1, 0.15) is 54.0 Å². The lowest BCUT2D eigenvalue weighted by Crippen LogP contribution is -2.30. The van der Waals surface area contributed by atoms with E-state index >= 15 is 0 Å². The van der Waals surface area contributed by atoms with Crippen molar-refractivity contribution >= 4 is 18.1 Å². The third-order valence-corrected chi connectivity index (χ3v) is 4.45. The number of nitrogens with zero attached hydrogens (tertiary/aromatic N) is 2. The first kappa shape index (κ1) is 21.6. The van der Waals surface area contributed by atoms with Gasteiger partial charge < -0.3 is 16.3 Å². The zero-order chi connectivity index (χ0) is 21.1. The van der Waals surface area contributed by atoms with E-state index in [1.165, 1.54) is 0 Å². The van der Waals surface area contributed by atoms with Gasteiger partial charge in [0.2, 0.25) is 5.91 Å². The fourth-order valence-electron chi connectivity index (χ4n) is 2.99. The summed E-state index contributed by atoms with van der Waals surface area (Å²) in [5.41, 5.74) is 3.13. The maximum Gasteiger partial charge on any atom is 0.305 e. The van der Waals surface area contributed by atoms with E-state index < -0.39 is 12.0 Å². The highest BCUT2D eigenvalue weighted by Crippen LogP contribution is 2.19. The second-order valence-electron chi connectivity index (χ2n) is 6.68. The Balaban J connectivity index is 1.84. The molecule has 0 aromatic heterocycles. The minimum absolute atomic E-state index is 0.201. The molecular weight excluding hydrogens is 368 g/mol. The standard InChI is InChI=1S/C22H24N4O3/c23-14-18-5-3-6-19(12-18)20(13-22(28)29)26-21(27)7-2-1-4-16-8-10-17(11-9-16)15-25-24/h3,5-6,8-12,15,20H,1-2,4,7,13,24H2,(H,26,27)(H,28,29). The molecule has 1 atom stereocenters. The number of carboxylic acid groups (broad SMARTS) is 1. The van der Waals surface area contributed by atoms with Crippen LogP contribution >= 0.6 is 0 Å². The number of hydrogen-bond acceptors (Lipinski definition) is 5. The van der Waals surface area contributed by atoms with Crippen molar-refractivity contribution in [2.75, 3.05) is 0 Å². The Kier molecular flexibility index (Phi) is 8.39. The monoisotopic (exact) mass is 392 g/mol. The first-order valence-corrected chi connectivity index (χ1v) is 9.35. The Morgan fingerprint density at radius 1 is 1.21 bits per heavy atom. The molecule has 0 saturated heterocycles. The van der Waals surface area contributed by atoms with E-state index in [-0.39, 0.29) is 12.3 Å². The number of nitrogens with one attached hydrogen (secondary N) is 1. The molecule has 0 aliphatic rings. The second kappa shape index (κ2) is 11.2. The first-order valence-electron chi connectivity index (χ1n) is 9.35. The first-order chi connectivity index (χ1) is 14.0. The van der Waals surface area contributed by atoms with Crippen LogP contribution in [-0.4, -0.2) is 23.2 Å². The SMILES string of the molecule is N#Cc1cccc(C(CC(=O)O)NC(=O)CCCCc2ccc(C=NN)cc2)c1. The molecule has 29 heavy (non-hydrogen) atoms. The van der Waals surface area contributed by atoms with E-state index in [0.29, 0.717) is 24.0 Å². The van der Waals surface area contributed by atoms with Crippen LogP contribution in [0.5, 0.6) is 0 Å². The maximum absolute atomic E-state index is 12.3. The predicted octanol–water partition coefficient (Wildman–Crippen LogP) is 2.90. The predicted molar refractivity (Wildman–Crippen MR) is 110 cm³/mol. The normalized spacial score (nSPS) is 11.7. The van der Waals surface area contributed by atoms with Gasteiger partial charge in [-0.15, -0.1) is 0 Å². The lowest BCUT2D eigenvalue weighted by atomic mass is 10.0. The molecule has 2 rings (SSSR count). The molecule has 4 N–H and O–H groups in total. The third-order valence-electron chi connectivity index (χ3n) is 4.45. The van der Waals surface area contributed by atoms with Gasteiger partial charge in [-0.3, -0.25) is 9.59 Å². The second-order valence-corrected chi connectivity index (χ2v) is 6.68. The zero-order valence-electron chi connectivity index (χ0n) is 16.0. The number of aryl methyl sites for hydroxylation is 1. The summed E-state index contributed by atoms with van der Waals surface area (Å²) in [6.45, 7) is 0. The molecule has 0 aliphatic heterocycles. The molecule has 0 fully saturated rings. The summed E-state index contributed by atoms with van der Waals surface area (Å²) in [5, 5.41) is 24.4. The van der Waals surface area contributed by atoms with Crippen LogP contribution in [0, 0.1) is 11.3 Å². The van der Waals surface area contributed by atoms with Crippen LogP contribution in [0.3, 0.4) is 0 Å². The summed E-state index contributed by atoms with van der Waals surface area (Å²) in [6.07, 6.45) is 4.02. The number of nitrogens with two attached hydrogens (primary N) is 1. The molecular formula is C22H24N4O3. The van der Waals surface area contributed by atoms with Gasteiger partial charge >= 0.3 is 5.97 Å². The number of carbonyl (C=O) groups is 2. The molecule has 0 aliphatic carbocycles. The summed E-state index contributed by atoms with van der Waals surface area (Å²) < 4.78 is 0. The smallest absolute Gasteiger partial charge is 0.305 e. The van der Waals surface area contributed by atoms with Gasteiger partial charge in [-0.1, -0.05) is 36.4 Å². The summed E-state index contributed by atoms with van der Waals surface area (Å²) in [7, 11) is 0. The number of hydrogen-bond donors (Lipinski definition) is 3. The van der Waals surface area contributed by atoms with E-state index in [1.807, 2.05) is 30.3 Å². The largest absolute Gasteiger partial charge is 0.481 e. The fraction of sp³-hybridized carbons (Fsp3) is 0.273. The van der Waals surface area contributed by atoms with E-state index in [4.69, 9.17) is 16.2 Å². The van der Waals surface area contributed by atoms with Crippen molar-refractivity contribution < 1.29 is 14.7 Å². The van der Waals surface area contributed by atoms with Crippen molar-refractivity contribution in [3.63, 3.8) is 0 Å². The van der Waals surface area contributed by atoms with E-state index in [9.17, 15) is 9.59 Å². The van der Waals surface area contributed by atoms with Gasteiger partial charge in [-0.2, -0.15) is 10.4 Å². The molecule has 0 heterocycles. The number of carbonyl (C=O) groups excluding carboxylic acids is 1. The number of hydrazone groups is 1. The number of nitriles is 1. The molecule has 0 saturated carbocycles. The number of benzene rings is 2. The minimum Gasteiger partial charge on any atom is -0.481 e. The highest BCUT2D eigenvalue weighted by molar-refractivity contribution is 5.79. The molecule has 0 spiro atoms. The maximum atomic E-state index is 12.3. The average Bonchev–Trinajstić information content (AvgIpc) is 2.72. The number of carboxylic acids is 1. The third kappa shape index (κ3) is 7.46. The van der Waals surface area contributed by atoms with Crippen molar-refractivity contribution in [1.29, 1.82) is 5.26 Å². The molecule has 1 unspecified atom stereocenters. The quantitative estimate of drug-likeness (QED) is 0.248. The van der Waals surface area contributed by atoms with Gasteiger partial charge in [0.05, 0.1) is 30.3 Å². The average molecular weight is 392 g/mol. The van der Waals surface area contributed by atoms with Crippen molar-refractivity contribution in [1.82, 2.24) is 5.32 Å². The molecule has 7 heteroatoms. The summed E-state index contributed by atoms with van der Waals surface area (Å²) >= 11 is 0. The number of unbranched alkanes of at least 4 members (excludes halogenated alkanes) is 1. The number of aliphatic carboxylic acids is 1. The molecule has 1 amide bonds. The van der Waals surface area contributed by atoms with Crippen LogP contribution in [0.25, 0.3) is 0 Å². The molecule has 2 aromatic rings. The molecule has 7 nitrogen and oxygen atoms in total. The Morgan fingerprint density at radius 3 is 2.62 bits per heavy atom. The zero-order valence-corrected chi connectivity index (χ0v) is 16.0. The van der Waals surface area contributed by atoms with E-state index in [2.05, 4.69) is 10.4 Å². The Hall–Kier alpha value is -3.66. The van der Waals surface area contributed by atoms with Crippen LogP contribution in [0.4, 0.5) is 0 Å². The van der Waals surface area contributed by atoms with Crippen LogP contribution in [0.2, 0.25) is 0 Å². The number of amides is 1. The lowest BCUT2D eigenvalue weighted by molar-refractivity contribution is -0.137. The Bertz CT molecular complexity index is 901. The van der Waals surface area contributed by atoms with E-state index in [0.717, 1.165) is 24.0 Å². The van der Waals surface area contributed by atoms with Crippen LogP contribution in [0.15, 0.2) is 53.6 Å². The van der Waals surface area contributed by atoms with Crippen molar-refractivity contribution in [2.24, 2.45) is 10.9 Å². The minimum atomic E-state index is -1.01. The van der Waals surface area contributed by atoms with E-state index in [1.54, 1.807) is 30.5 Å². The molecule has 150 valence electrons. The Labute approximate surface area is 169 Å². The van der Waals surface area contributed by atoms with Crippen molar-refractivity contribution in [3.05, 3.63) is 70.8 Å². The van der Waals surface area contributed by atoms with Crippen molar-refractivity contribution in [3.8, 4) is 6.07 Å². The van der Waals surface area contributed by atoms with Crippen LogP contribution in [-0.2, 0) is 16.0 Å². The van der Waals surface area contributed by atoms with Gasteiger partial charge in [-0.25, -0.2) is 0 Å². The molecule has 0 radical (unpaired) electrons. The highest BCUT2D eigenvalue weighted by Gasteiger charge is 2.18. The van der Waals surface area contributed by atoms with Gasteiger partial charge in [0.15, 0.2) is 0 Å². The fourth-order valence-corrected chi connectivity index (χ4v) is 2.99. The van der Waals surface area contributed by atoms with Gasteiger partial charge in [0, 0.05) is 6.42 Å².